The largest absolute Gasteiger partial charge is 0.388 e. The maximum atomic E-state index is 10.3. The molecule has 0 radical (unpaired) electrons. The topological polar surface area (TPSA) is 33.1 Å². The van der Waals surface area contributed by atoms with Gasteiger partial charge in [0, 0.05) is 11.6 Å². The highest BCUT2D eigenvalue weighted by Gasteiger charge is 2.25. The molecule has 2 aromatic rings. The first-order valence-corrected chi connectivity index (χ1v) is 5.52. The molecule has 1 aromatic carbocycles. The first-order valence-electron chi connectivity index (χ1n) is 5.52. The third-order valence-corrected chi connectivity index (χ3v) is 2.80. The fourth-order valence-electron chi connectivity index (χ4n) is 1.82. The van der Waals surface area contributed by atoms with Crippen molar-refractivity contribution >= 4 is 10.9 Å². The summed E-state index contributed by atoms with van der Waals surface area (Å²) >= 11 is 0. The standard InChI is InChI=1S/C14H17NO/c1-14(2,3)13(16)11-8-9-15-12-7-5-4-6-10(11)12/h4-9,13,16H,1-3H3. The fourth-order valence-corrected chi connectivity index (χ4v) is 1.82. The summed E-state index contributed by atoms with van der Waals surface area (Å²) in [6.07, 6.45) is 1.28. The quantitative estimate of drug-likeness (QED) is 0.791. The van der Waals surface area contributed by atoms with Gasteiger partial charge in [0.15, 0.2) is 0 Å². The van der Waals surface area contributed by atoms with Crippen LogP contribution in [0.25, 0.3) is 10.9 Å². The van der Waals surface area contributed by atoms with Gasteiger partial charge in [0.25, 0.3) is 0 Å². The first-order chi connectivity index (χ1) is 7.50. The van der Waals surface area contributed by atoms with E-state index in [0.29, 0.717) is 0 Å². The van der Waals surface area contributed by atoms with Gasteiger partial charge in [-0.15, -0.1) is 0 Å². The van der Waals surface area contributed by atoms with Gasteiger partial charge < -0.3 is 5.11 Å². The fraction of sp³-hybridized carbons (Fsp3) is 0.357. The van der Waals surface area contributed by atoms with E-state index in [1.54, 1.807) is 6.20 Å². The molecule has 84 valence electrons. The van der Waals surface area contributed by atoms with Crippen LogP contribution in [0.15, 0.2) is 36.5 Å². The summed E-state index contributed by atoms with van der Waals surface area (Å²) in [6, 6.07) is 9.81. The van der Waals surface area contributed by atoms with Gasteiger partial charge in [-0.25, -0.2) is 0 Å². The van der Waals surface area contributed by atoms with Crippen LogP contribution >= 0.6 is 0 Å². The van der Waals surface area contributed by atoms with Gasteiger partial charge in [0.1, 0.15) is 0 Å². The van der Waals surface area contributed by atoms with Crippen LogP contribution in [-0.2, 0) is 0 Å². The Balaban J connectivity index is 2.61. The van der Waals surface area contributed by atoms with E-state index in [1.807, 2.05) is 51.1 Å². The number of fused-ring (bicyclic) bond motifs is 1. The molecule has 1 N–H and O–H groups in total. The van der Waals surface area contributed by atoms with E-state index >= 15 is 0 Å². The van der Waals surface area contributed by atoms with Crippen molar-refractivity contribution in [3.8, 4) is 0 Å². The van der Waals surface area contributed by atoms with Crippen molar-refractivity contribution in [2.45, 2.75) is 26.9 Å². The highest BCUT2D eigenvalue weighted by atomic mass is 16.3. The lowest BCUT2D eigenvalue weighted by Gasteiger charge is -2.27. The molecule has 0 fully saturated rings. The SMILES string of the molecule is CC(C)(C)C(O)c1ccnc2ccccc12. The minimum atomic E-state index is -0.472. The van der Waals surface area contributed by atoms with Gasteiger partial charge in [-0.05, 0) is 23.1 Å². The van der Waals surface area contributed by atoms with Crippen LogP contribution in [0.5, 0.6) is 0 Å². The molecule has 0 aliphatic carbocycles. The second-order valence-electron chi connectivity index (χ2n) is 5.19. The Labute approximate surface area is 96.0 Å². The highest BCUT2D eigenvalue weighted by Crippen LogP contribution is 2.35. The highest BCUT2D eigenvalue weighted by molar-refractivity contribution is 5.82. The summed E-state index contributed by atoms with van der Waals surface area (Å²) in [7, 11) is 0. The number of benzene rings is 1. The number of hydrogen-bond acceptors (Lipinski definition) is 2. The molecule has 2 heteroatoms. The summed E-state index contributed by atoms with van der Waals surface area (Å²) < 4.78 is 0. The molecule has 0 amide bonds. The van der Waals surface area contributed by atoms with Crippen molar-refractivity contribution in [3.63, 3.8) is 0 Å². The van der Waals surface area contributed by atoms with Gasteiger partial charge >= 0.3 is 0 Å². The number of para-hydroxylation sites is 1. The van der Waals surface area contributed by atoms with Crippen molar-refractivity contribution in [2.75, 3.05) is 0 Å². The Hall–Kier alpha value is -1.41. The zero-order valence-corrected chi connectivity index (χ0v) is 9.94. The monoisotopic (exact) mass is 215 g/mol. The Morgan fingerprint density at radius 3 is 2.50 bits per heavy atom. The van der Waals surface area contributed by atoms with Crippen molar-refractivity contribution < 1.29 is 5.11 Å². The van der Waals surface area contributed by atoms with E-state index in [2.05, 4.69) is 4.98 Å². The number of nitrogens with zero attached hydrogens (tertiary/aromatic N) is 1. The van der Waals surface area contributed by atoms with E-state index in [9.17, 15) is 5.11 Å². The molecule has 0 aliphatic rings. The Kier molecular flexibility index (Phi) is 2.68. The van der Waals surface area contributed by atoms with Crippen LogP contribution in [0.3, 0.4) is 0 Å². The molecule has 0 saturated heterocycles. The molecule has 0 saturated carbocycles. The normalized spacial score (nSPS) is 14.0. The molecule has 16 heavy (non-hydrogen) atoms. The zero-order chi connectivity index (χ0) is 11.8. The van der Waals surface area contributed by atoms with Crippen LogP contribution in [0, 0.1) is 5.41 Å². The van der Waals surface area contributed by atoms with Crippen LogP contribution in [0.2, 0.25) is 0 Å². The molecule has 1 atom stereocenters. The average Bonchev–Trinajstić information content (AvgIpc) is 2.26. The van der Waals surface area contributed by atoms with Gasteiger partial charge in [0.2, 0.25) is 0 Å². The van der Waals surface area contributed by atoms with Crippen molar-refractivity contribution in [1.29, 1.82) is 0 Å². The minimum absolute atomic E-state index is 0.163. The van der Waals surface area contributed by atoms with Gasteiger partial charge in [-0.1, -0.05) is 39.0 Å². The molecule has 1 heterocycles. The van der Waals surface area contributed by atoms with Gasteiger partial charge in [-0.3, -0.25) is 4.98 Å². The minimum Gasteiger partial charge on any atom is -0.388 e. The molecule has 0 spiro atoms. The molecule has 2 nitrogen and oxygen atoms in total. The lowest BCUT2D eigenvalue weighted by molar-refractivity contribution is 0.0639. The number of hydrogen-bond donors (Lipinski definition) is 1. The van der Waals surface area contributed by atoms with Gasteiger partial charge in [-0.2, -0.15) is 0 Å². The van der Waals surface area contributed by atoms with Crippen LogP contribution < -0.4 is 0 Å². The lowest BCUT2D eigenvalue weighted by atomic mass is 9.84. The Morgan fingerprint density at radius 1 is 1.12 bits per heavy atom. The maximum absolute atomic E-state index is 10.3. The van der Waals surface area contributed by atoms with Crippen molar-refractivity contribution in [2.24, 2.45) is 5.41 Å². The molecular weight excluding hydrogens is 198 g/mol. The third kappa shape index (κ3) is 1.93. The lowest BCUT2D eigenvalue weighted by Crippen LogP contribution is -2.18. The first kappa shape index (κ1) is 11.1. The molecule has 1 aromatic heterocycles. The van der Waals surface area contributed by atoms with E-state index in [0.717, 1.165) is 16.5 Å². The van der Waals surface area contributed by atoms with Crippen molar-refractivity contribution in [1.82, 2.24) is 4.98 Å². The van der Waals surface area contributed by atoms with Crippen molar-refractivity contribution in [3.05, 3.63) is 42.1 Å². The molecule has 0 aliphatic heterocycles. The number of pyridine rings is 1. The summed E-state index contributed by atoms with van der Waals surface area (Å²) in [5.74, 6) is 0. The van der Waals surface area contributed by atoms with Crippen LogP contribution in [0.1, 0.15) is 32.4 Å². The Morgan fingerprint density at radius 2 is 1.81 bits per heavy atom. The summed E-state index contributed by atoms with van der Waals surface area (Å²) in [6.45, 7) is 6.10. The van der Waals surface area contributed by atoms with Gasteiger partial charge in [0.05, 0.1) is 11.6 Å². The van der Waals surface area contributed by atoms with E-state index in [-0.39, 0.29) is 5.41 Å². The van der Waals surface area contributed by atoms with Crippen LogP contribution in [-0.4, -0.2) is 10.1 Å². The average molecular weight is 215 g/mol. The van der Waals surface area contributed by atoms with E-state index in [1.165, 1.54) is 0 Å². The molecule has 0 bridgehead atoms. The number of aliphatic hydroxyl groups excluding tert-OH is 1. The summed E-state index contributed by atoms with van der Waals surface area (Å²) in [5.41, 5.74) is 1.73. The molecule has 2 rings (SSSR count). The molecular formula is C14H17NO. The second-order valence-corrected chi connectivity index (χ2v) is 5.19. The number of aromatic nitrogens is 1. The predicted molar refractivity (Wildman–Crippen MR) is 66.2 cm³/mol. The van der Waals surface area contributed by atoms with E-state index < -0.39 is 6.10 Å². The summed E-state index contributed by atoms with van der Waals surface area (Å²) in [4.78, 5) is 4.30. The Bertz CT molecular complexity index is 494. The maximum Gasteiger partial charge on any atom is 0.0845 e. The number of rotatable bonds is 1. The molecule has 1 unspecified atom stereocenters. The van der Waals surface area contributed by atoms with Crippen LogP contribution in [0.4, 0.5) is 0 Å². The smallest absolute Gasteiger partial charge is 0.0845 e. The second kappa shape index (κ2) is 3.87. The van der Waals surface area contributed by atoms with E-state index in [4.69, 9.17) is 0 Å². The zero-order valence-electron chi connectivity index (χ0n) is 9.94. The summed E-state index contributed by atoms with van der Waals surface area (Å²) in [5, 5.41) is 11.4. The number of aliphatic hydroxyl groups is 1. The predicted octanol–water partition coefficient (Wildman–Crippen LogP) is 3.31. The third-order valence-electron chi connectivity index (χ3n) is 2.80.